The van der Waals surface area contributed by atoms with Gasteiger partial charge in [0, 0.05) is 32.6 Å². The van der Waals surface area contributed by atoms with Crippen molar-refractivity contribution in [2.75, 3.05) is 26.2 Å². The molecular formula is C41H68N14O15. The van der Waals surface area contributed by atoms with Crippen LogP contribution in [-0.2, 0) is 52.7 Å². The van der Waals surface area contributed by atoms with Crippen molar-refractivity contribution in [3.63, 3.8) is 0 Å². The van der Waals surface area contributed by atoms with Gasteiger partial charge in [0.05, 0.1) is 18.9 Å². The molecule has 2 rings (SSSR count). The number of hydrogen-bond donors (Lipinski definition) is 16. The van der Waals surface area contributed by atoms with E-state index in [0.717, 1.165) is 4.90 Å². The van der Waals surface area contributed by atoms with E-state index >= 15 is 0 Å². The standard InChI is InChI=1S/C41H68N14O15/c1-20(2)17-24(32(62)50-23(39(69)70)11-12-29(56)57)51-33(63)25(18-30(58)59)52-34(64)26(19-31(60)61)53-36(66)28-10-6-16-55(28)38(68)22(8-4-14-48-41(45)46)49-35(65)27-9-5-15-54(27)37(67)21(42)7-3-13-47-40(43)44/h20-28H,3-19,42H2,1-2H3,(H,49,65)(H,50,62)(H,51,63)(H,52,64)(H,53,66)(H,56,57)(H,58,59)(H,60,61)(H,69,70)(H4,43,44,47)(H4,45,46,48)/t21-,22-,23-,24-,25-,26-,27-,28-/m0/s1. The molecule has 8 atom stereocenters. The topological polar surface area (TPSA) is 485 Å². The minimum absolute atomic E-state index is 0.0126. The molecule has 0 unspecified atom stereocenters. The summed E-state index contributed by atoms with van der Waals surface area (Å²) in [5.41, 5.74) is 16.9. The zero-order chi connectivity index (χ0) is 52.8. The van der Waals surface area contributed by atoms with Crippen LogP contribution >= 0.6 is 0 Å². The summed E-state index contributed by atoms with van der Waals surface area (Å²) in [6, 6.07) is -11.8. The Labute approximate surface area is 402 Å². The van der Waals surface area contributed by atoms with Gasteiger partial charge in [0.2, 0.25) is 41.4 Å². The fraction of sp³-hybridized carbons (Fsp3) is 0.683. The molecule has 70 heavy (non-hydrogen) atoms. The number of nitrogens with one attached hydrogen (secondary N) is 9. The second kappa shape index (κ2) is 28.9. The number of rotatable bonds is 30. The van der Waals surface area contributed by atoms with Gasteiger partial charge in [-0.1, -0.05) is 13.8 Å². The number of likely N-dealkylation sites (tertiary alicyclic amines) is 2. The first-order valence-electron chi connectivity index (χ1n) is 22.7. The highest BCUT2D eigenvalue weighted by Crippen LogP contribution is 2.23. The van der Waals surface area contributed by atoms with Gasteiger partial charge in [0.1, 0.15) is 42.3 Å². The van der Waals surface area contributed by atoms with Crippen molar-refractivity contribution in [3.05, 3.63) is 0 Å². The first kappa shape index (κ1) is 58.8. The highest BCUT2D eigenvalue weighted by molar-refractivity contribution is 5.99. The lowest BCUT2D eigenvalue weighted by Gasteiger charge is -2.32. The lowest BCUT2D eigenvalue weighted by atomic mass is 10.0. The molecular weight excluding hydrogens is 929 g/mol. The number of nitrogens with zero attached hydrogens (tertiary/aromatic N) is 2. The largest absolute Gasteiger partial charge is 0.481 e. The molecule has 2 saturated heterocycles. The van der Waals surface area contributed by atoms with Crippen LogP contribution < -0.4 is 54.4 Å². The van der Waals surface area contributed by atoms with E-state index in [2.05, 4.69) is 37.2 Å². The fourth-order valence-corrected chi connectivity index (χ4v) is 7.82. The molecule has 0 radical (unpaired) electrons. The van der Waals surface area contributed by atoms with Crippen molar-refractivity contribution < 1.29 is 73.2 Å². The van der Waals surface area contributed by atoms with Gasteiger partial charge < -0.3 is 84.6 Å². The predicted octanol–water partition coefficient (Wildman–Crippen LogP) is -4.81. The van der Waals surface area contributed by atoms with Gasteiger partial charge in [-0.25, -0.2) is 4.79 Å². The lowest BCUT2D eigenvalue weighted by molar-refractivity contribution is -0.145. The van der Waals surface area contributed by atoms with Gasteiger partial charge in [-0.3, -0.25) is 58.8 Å². The second-order valence-corrected chi connectivity index (χ2v) is 17.4. The number of aliphatic carboxylic acids is 4. The molecule has 7 amide bonds. The SMILES string of the molecule is CC(C)C[C@H](NC(=O)[C@H](CC(=O)O)NC(=O)[C@H](CC(=O)O)NC(=O)[C@@H]1CCCN1C(=O)[C@H](CCCNC(=N)N)NC(=O)[C@@H]1CCCN1C(=O)[C@@H](N)CCCNC(=N)N)C(=O)N[C@@H](CCC(=O)O)C(=O)O. The number of guanidine groups is 2. The molecule has 0 aromatic rings. The summed E-state index contributed by atoms with van der Waals surface area (Å²) in [5, 5.41) is 69.3. The molecule has 0 saturated carbocycles. The van der Waals surface area contributed by atoms with E-state index in [1.807, 2.05) is 0 Å². The average molecular weight is 997 g/mol. The lowest BCUT2D eigenvalue weighted by Crippen LogP contribution is -2.60. The summed E-state index contributed by atoms with van der Waals surface area (Å²) in [6.45, 7) is 3.86. The number of carbonyl (C=O) groups is 11. The summed E-state index contributed by atoms with van der Waals surface area (Å²) in [5.74, 6) is -13.7. The van der Waals surface area contributed by atoms with Gasteiger partial charge in [-0.15, -0.1) is 0 Å². The van der Waals surface area contributed by atoms with Crippen molar-refractivity contribution in [1.82, 2.24) is 47.0 Å². The molecule has 0 spiro atoms. The maximum absolute atomic E-state index is 14.3. The molecule has 2 heterocycles. The number of carboxylic acids is 4. The minimum Gasteiger partial charge on any atom is -0.481 e. The normalized spacial score (nSPS) is 17.9. The number of carboxylic acid groups (broad SMARTS) is 4. The minimum atomic E-state index is -1.99. The molecule has 0 bridgehead atoms. The summed E-state index contributed by atoms with van der Waals surface area (Å²) < 4.78 is 0. The molecule has 2 aliphatic rings. The van der Waals surface area contributed by atoms with Crippen LogP contribution in [0, 0.1) is 16.7 Å². The summed E-state index contributed by atoms with van der Waals surface area (Å²) in [7, 11) is 0. The van der Waals surface area contributed by atoms with E-state index in [-0.39, 0.29) is 82.4 Å². The number of hydrogen-bond acceptors (Lipinski definition) is 14. The predicted molar refractivity (Wildman–Crippen MR) is 244 cm³/mol. The Morgan fingerprint density at radius 2 is 1.00 bits per heavy atom. The number of carbonyl (C=O) groups excluding carboxylic acids is 7. The molecule has 29 heteroatoms. The van der Waals surface area contributed by atoms with E-state index in [1.54, 1.807) is 13.8 Å². The highest BCUT2D eigenvalue weighted by Gasteiger charge is 2.42. The smallest absolute Gasteiger partial charge is 0.326 e. The zero-order valence-corrected chi connectivity index (χ0v) is 39.1. The van der Waals surface area contributed by atoms with Crippen molar-refractivity contribution in [2.45, 2.75) is 146 Å². The van der Waals surface area contributed by atoms with E-state index < -0.39 is 139 Å². The molecule has 2 fully saturated rings. The van der Waals surface area contributed by atoms with Gasteiger partial charge >= 0.3 is 23.9 Å². The first-order valence-corrected chi connectivity index (χ1v) is 22.7. The van der Waals surface area contributed by atoms with E-state index in [0.29, 0.717) is 19.4 Å². The van der Waals surface area contributed by atoms with E-state index in [1.165, 1.54) is 4.90 Å². The van der Waals surface area contributed by atoms with E-state index in [4.69, 9.17) is 33.1 Å². The van der Waals surface area contributed by atoms with Gasteiger partial charge in [-0.2, -0.15) is 0 Å². The average Bonchev–Trinajstić information content (AvgIpc) is 3.97. The van der Waals surface area contributed by atoms with Crippen molar-refractivity contribution in [2.24, 2.45) is 23.1 Å². The summed E-state index contributed by atoms with van der Waals surface area (Å²) in [4.78, 5) is 145. The van der Waals surface area contributed by atoms with Crippen molar-refractivity contribution in [3.8, 4) is 0 Å². The van der Waals surface area contributed by atoms with Crippen LogP contribution in [0.1, 0.15) is 97.3 Å². The van der Waals surface area contributed by atoms with Crippen LogP contribution in [0.4, 0.5) is 0 Å². The maximum atomic E-state index is 14.3. The zero-order valence-electron chi connectivity index (χ0n) is 39.1. The molecule has 392 valence electrons. The molecule has 0 aromatic carbocycles. The Morgan fingerprint density at radius 1 is 0.571 bits per heavy atom. The molecule has 0 aromatic heterocycles. The van der Waals surface area contributed by atoms with Crippen LogP contribution in [0.3, 0.4) is 0 Å². The number of nitrogens with two attached hydrogens (primary N) is 3. The third kappa shape index (κ3) is 20.1. The Morgan fingerprint density at radius 3 is 1.46 bits per heavy atom. The van der Waals surface area contributed by atoms with Gasteiger partial charge in [0.15, 0.2) is 11.9 Å². The third-order valence-corrected chi connectivity index (χ3v) is 11.2. The van der Waals surface area contributed by atoms with Crippen LogP contribution in [0.2, 0.25) is 0 Å². The summed E-state index contributed by atoms with van der Waals surface area (Å²) >= 11 is 0. The summed E-state index contributed by atoms with van der Waals surface area (Å²) in [6.07, 6.45) is -1.77. The van der Waals surface area contributed by atoms with Crippen LogP contribution in [-0.4, -0.2) is 182 Å². The second-order valence-electron chi connectivity index (χ2n) is 17.4. The Bertz CT molecular complexity index is 1950. The molecule has 0 aliphatic carbocycles. The van der Waals surface area contributed by atoms with Crippen molar-refractivity contribution >= 4 is 77.1 Å². The number of amides is 7. The van der Waals surface area contributed by atoms with Gasteiger partial charge in [-0.05, 0) is 70.1 Å². The van der Waals surface area contributed by atoms with Crippen LogP contribution in [0.25, 0.3) is 0 Å². The quantitative estimate of drug-likeness (QED) is 0.0182. The Balaban J connectivity index is 2.31. The highest BCUT2D eigenvalue weighted by atomic mass is 16.4. The monoisotopic (exact) mass is 996 g/mol. The van der Waals surface area contributed by atoms with Crippen LogP contribution in [0.15, 0.2) is 0 Å². The Hall–Kier alpha value is -7.33. The molecule has 29 nitrogen and oxygen atoms in total. The van der Waals surface area contributed by atoms with Crippen LogP contribution in [0.5, 0.6) is 0 Å². The van der Waals surface area contributed by atoms with E-state index in [9.17, 15) is 68.1 Å². The molecule has 19 N–H and O–H groups in total. The fourth-order valence-electron chi connectivity index (χ4n) is 7.82. The van der Waals surface area contributed by atoms with Crippen molar-refractivity contribution in [1.29, 1.82) is 10.8 Å². The maximum Gasteiger partial charge on any atom is 0.326 e. The first-order chi connectivity index (χ1) is 32.8. The molecule has 2 aliphatic heterocycles. The Kier molecular flexibility index (Phi) is 24.2. The van der Waals surface area contributed by atoms with Gasteiger partial charge in [0.25, 0.3) is 0 Å². The third-order valence-electron chi connectivity index (χ3n) is 11.2.